The summed E-state index contributed by atoms with van der Waals surface area (Å²) >= 11 is 0. The van der Waals surface area contributed by atoms with Crippen LogP contribution >= 0.6 is 0 Å². The smallest absolute Gasteiger partial charge is 0.241 e. The van der Waals surface area contributed by atoms with E-state index in [0.29, 0.717) is 18.1 Å². The molecule has 2 aromatic rings. The highest BCUT2D eigenvalue weighted by atomic mass is 19.1. The van der Waals surface area contributed by atoms with E-state index in [-0.39, 0.29) is 5.82 Å². The van der Waals surface area contributed by atoms with Gasteiger partial charge in [0.2, 0.25) is 5.91 Å². The lowest BCUT2D eigenvalue weighted by atomic mass is 10.2. The van der Waals surface area contributed by atoms with Crippen LogP contribution in [0.1, 0.15) is 11.1 Å². The number of hydrogen-bond acceptors (Lipinski definition) is 3. The molecule has 0 aromatic heterocycles. The first kappa shape index (κ1) is 15.6. The van der Waals surface area contributed by atoms with E-state index < -0.39 is 5.91 Å². The van der Waals surface area contributed by atoms with Crippen molar-refractivity contribution in [2.75, 3.05) is 7.11 Å². The van der Waals surface area contributed by atoms with Gasteiger partial charge in [0.05, 0.1) is 7.11 Å². The fourth-order valence-corrected chi connectivity index (χ4v) is 1.83. The summed E-state index contributed by atoms with van der Waals surface area (Å²) < 4.78 is 23.8. The van der Waals surface area contributed by atoms with Gasteiger partial charge in [-0.25, -0.2) is 4.39 Å². The van der Waals surface area contributed by atoms with Crippen LogP contribution in [0.3, 0.4) is 0 Å². The van der Waals surface area contributed by atoms with Gasteiger partial charge in [0.1, 0.15) is 12.4 Å². The van der Waals surface area contributed by atoms with E-state index in [1.807, 2.05) is 0 Å². The molecule has 0 aliphatic heterocycles. The molecule has 0 aliphatic rings. The molecule has 4 nitrogen and oxygen atoms in total. The van der Waals surface area contributed by atoms with Gasteiger partial charge in [-0.1, -0.05) is 18.2 Å². The Morgan fingerprint density at radius 1 is 1.18 bits per heavy atom. The zero-order valence-electron chi connectivity index (χ0n) is 12.1. The topological polar surface area (TPSA) is 61.5 Å². The number of rotatable bonds is 6. The van der Waals surface area contributed by atoms with Gasteiger partial charge in [-0.2, -0.15) is 0 Å². The standard InChI is InChI=1S/C17H16FNO3/c1-21-16-10-12(5-9-17(19)20)4-8-15(16)22-11-13-2-6-14(18)7-3-13/h2-10H,11H2,1H3,(H2,19,20)/b9-5-. The molecule has 5 heteroatoms. The first-order valence-corrected chi connectivity index (χ1v) is 6.61. The molecule has 0 saturated carbocycles. The highest BCUT2D eigenvalue weighted by Gasteiger charge is 2.05. The maximum absolute atomic E-state index is 12.8. The molecule has 22 heavy (non-hydrogen) atoms. The first-order valence-electron chi connectivity index (χ1n) is 6.61. The summed E-state index contributed by atoms with van der Waals surface area (Å²) in [5.41, 5.74) is 6.67. The molecule has 0 radical (unpaired) electrons. The Morgan fingerprint density at radius 2 is 1.91 bits per heavy atom. The maximum Gasteiger partial charge on any atom is 0.241 e. The van der Waals surface area contributed by atoms with E-state index in [4.69, 9.17) is 15.2 Å². The Hall–Kier alpha value is -2.82. The lowest BCUT2D eigenvalue weighted by Gasteiger charge is -2.11. The molecule has 0 saturated heterocycles. The van der Waals surface area contributed by atoms with E-state index in [0.717, 1.165) is 11.1 Å². The van der Waals surface area contributed by atoms with Gasteiger partial charge in [-0.05, 0) is 41.5 Å². The van der Waals surface area contributed by atoms with Gasteiger partial charge in [-0.15, -0.1) is 0 Å². The fraction of sp³-hybridized carbons (Fsp3) is 0.118. The monoisotopic (exact) mass is 301 g/mol. The maximum atomic E-state index is 12.8. The minimum atomic E-state index is -0.518. The molecule has 0 heterocycles. The van der Waals surface area contributed by atoms with E-state index in [1.54, 1.807) is 36.4 Å². The van der Waals surface area contributed by atoms with E-state index in [2.05, 4.69) is 0 Å². The third kappa shape index (κ3) is 4.34. The zero-order chi connectivity index (χ0) is 15.9. The Bertz CT molecular complexity index is 681. The number of hydrogen-bond donors (Lipinski definition) is 1. The summed E-state index contributed by atoms with van der Waals surface area (Å²) in [4.78, 5) is 10.7. The summed E-state index contributed by atoms with van der Waals surface area (Å²) in [5.74, 6) is 0.291. The summed E-state index contributed by atoms with van der Waals surface area (Å²) in [6, 6.07) is 11.3. The third-order valence-corrected chi connectivity index (χ3v) is 2.94. The van der Waals surface area contributed by atoms with E-state index in [1.165, 1.54) is 25.3 Å². The Balaban J connectivity index is 2.10. The van der Waals surface area contributed by atoms with Crippen LogP contribution in [0, 0.1) is 5.82 Å². The second-order valence-electron chi connectivity index (χ2n) is 4.56. The van der Waals surface area contributed by atoms with Crippen molar-refractivity contribution in [2.45, 2.75) is 6.61 Å². The second kappa shape index (κ2) is 7.26. The quantitative estimate of drug-likeness (QED) is 0.834. The van der Waals surface area contributed by atoms with Crippen LogP contribution in [-0.4, -0.2) is 13.0 Å². The zero-order valence-corrected chi connectivity index (χ0v) is 12.1. The van der Waals surface area contributed by atoms with Crippen LogP contribution in [0.4, 0.5) is 4.39 Å². The second-order valence-corrected chi connectivity index (χ2v) is 4.56. The predicted octanol–water partition coefficient (Wildman–Crippen LogP) is 2.91. The highest BCUT2D eigenvalue weighted by molar-refractivity contribution is 5.90. The number of halogens is 1. The predicted molar refractivity (Wildman–Crippen MR) is 82.0 cm³/mol. The average Bonchev–Trinajstić information content (AvgIpc) is 2.52. The van der Waals surface area contributed by atoms with Crippen molar-refractivity contribution < 1.29 is 18.7 Å². The van der Waals surface area contributed by atoms with Crippen molar-refractivity contribution in [2.24, 2.45) is 5.73 Å². The number of amides is 1. The molecule has 0 fully saturated rings. The molecule has 2 rings (SSSR count). The Morgan fingerprint density at radius 3 is 2.55 bits per heavy atom. The van der Waals surface area contributed by atoms with Crippen molar-refractivity contribution in [1.82, 2.24) is 0 Å². The van der Waals surface area contributed by atoms with Gasteiger partial charge in [0.25, 0.3) is 0 Å². The van der Waals surface area contributed by atoms with Crippen molar-refractivity contribution in [3.63, 3.8) is 0 Å². The van der Waals surface area contributed by atoms with Gasteiger partial charge in [-0.3, -0.25) is 4.79 Å². The van der Waals surface area contributed by atoms with Gasteiger partial charge in [0.15, 0.2) is 11.5 Å². The van der Waals surface area contributed by atoms with Crippen molar-refractivity contribution in [1.29, 1.82) is 0 Å². The summed E-state index contributed by atoms with van der Waals surface area (Å²) in [6.45, 7) is 0.299. The van der Waals surface area contributed by atoms with Crippen molar-refractivity contribution in [3.8, 4) is 11.5 Å². The molecule has 2 aromatic carbocycles. The molecule has 0 spiro atoms. The van der Waals surface area contributed by atoms with Crippen molar-refractivity contribution in [3.05, 3.63) is 65.5 Å². The normalized spacial score (nSPS) is 10.6. The summed E-state index contributed by atoms with van der Waals surface area (Å²) in [7, 11) is 1.53. The molecule has 1 amide bonds. The third-order valence-electron chi connectivity index (χ3n) is 2.94. The molecule has 0 aliphatic carbocycles. The number of ether oxygens (including phenoxy) is 2. The van der Waals surface area contributed by atoms with E-state index >= 15 is 0 Å². The van der Waals surface area contributed by atoms with Gasteiger partial charge >= 0.3 is 0 Å². The van der Waals surface area contributed by atoms with Crippen LogP contribution in [0.15, 0.2) is 48.5 Å². The number of carbonyl (C=O) groups is 1. The van der Waals surface area contributed by atoms with Gasteiger partial charge < -0.3 is 15.2 Å². The SMILES string of the molecule is COc1cc(/C=C\C(N)=O)ccc1OCc1ccc(F)cc1. The van der Waals surface area contributed by atoms with Gasteiger partial charge in [0, 0.05) is 6.08 Å². The lowest BCUT2D eigenvalue weighted by molar-refractivity contribution is -0.113. The summed E-state index contributed by atoms with van der Waals surface area (Å²) in [5, 5.41) is 0. The fourth-order valence-electron chi connectivity index (χ4n) is 1.83. The molecule has 114 valence electrons. The molecule has 2 N–H and O–H groups in total. The summed E-state index contributed by atoms with van der Waals surface area (Å²) in [6.07, 6.45) is 2.86. The molecular weight excluding hydrogens is 285 g/mol. The van der Waals surface area contributed by atoms with Crippen LogP contribution in [-0.2, 0) is 11.4 Å². The largest absolute Gasteiger partial charge is 0.493 e. The number of nitrogens with two attached hydrogens (primary N) is 1. The Labute approximate surface area is 128 Å². The van der Waals surface area contributed by atoms with E-state index in [9.17, 15) is 9.18 Å². The Kier molecular flexibility index (Phi) is 5.14. The molecule has 0 bridgehead atoms. The minimum Gasteiger partial charge on any atom is -0.493 e. The number of primary amides is 1. The van der Waals surface area contributed by atoms with Crippen LogP contribution in [0.5, 0.6) is 11.5 Å². The molecule has 0 atom stereocenters. The highest BCUT2D eigenvalue weighted by Crippen LogP contribution is 2.29. The first-order chi connectivity index (χ1) is 10.6. The minimum absolute atomic E-state index is 0.285. The van der Waals surface area contributed by atoms with Crippen molar-refractivity contribution >= 4 is 12.0 Å². The van der Waals surface area contributed by atoms with Crippen LogP contribution in [0.25, 0.3) is 6.08 Å². The molecule has 0 unspecified atom stereocenters. The van der Waals surface area contributed by atoms with Crippen LogP contribution < -0.4 is 15.2 Å². The molecular formula is C17H16FNO3. The number of methoxy groups -OCH3 is 1. The number of benzene rings is 2. The van der Waals surface area contributed by atoms with Crippen LogP contribution in [0.2, 0.25) is 0 Å². The average molecular weight is 301 g/mol. The lowest BCUT2D eigenvalue weighted by Crippen LogP contribution is -2.05. The number of carbonyl (C=O) groups excluding carboxylic acids is 1.